The standard InChI is InChI=1S/C14H14N2O2S/c15-6-1-4-13-9-11(10-19-13)14(17)16-7-5-12-3-2-8-18-12/h2-3,8-10H,5-7,15H2,(H,16,17). The van der Waals surface area contributed by atoms with E-state index in [2.05, 4.69) is 17.2 Å². The van der Waals surface area contributed by atoms with Gasteiger partial charge < -0.3 is 15.5 Å². The number of hydrogen-bond donors (Lipinski definition) is 2. The Morgan fingerprint density at radius 3 is 3.16 bits per heavy atom. The van der Waals surface area contributed by atoms with Crippen molar-refractivity contribution in [2.75, 3.05) is 13.1 Å². The minimum atomic E-state index is -0.0939. The first-order chi connectivity index (χ1) is 9.29. The highest BCUT2D eigenvalue weighted by Crippen LogP contribution is 2.13. The number of thiophene rings is 1. The van der Waals surface area contributed by atoms with Gasteiger partial charge in [0, 0.05) is 18.3 Å². The van der Waals surface area contributed by atoms with Gasteiger partial charge in [-0.25, -0.2) is 0 Å². The highest BCUT2D eigenvalue weighted by Gasteiger charge is 2.07. The number of nitrogens with two attached hydrogens (primary N) is 1. The third-order valence-electron chi connectivity index (χ3n) is 2.41. The van der Waals surface area contributed by atoms with Gasteiger partial charge in [-0.2, -0.15) is 0 Å². The molecule has 0 bridgehead atoms. The fourth-order valence-corrected chi connectivity index (χ4v) is 2.27. The van der Waals surface area contributed by atoms with E-state index in [0.29, 0.717) is 25.1 Å². The molecule has 0 unspecified atom stereocenters. The van der Waals surface area contributed by atoms with E-state index >= 15 is 0 Å². The van der Waals surface area contributed by atoms with E-state index < -0.39 is 0 Å². The normalized spacial score (nSPS) is 9.74. The molecule has 4 nitrogen and oxygen atoms in total. The zero-order chi connectivity index (χ0) is 13.5. The lowest BCUT2D eigenvalue weighted by molar-refractivity contribution is 0.0954. The molecule has 1 amide bonds. The second-order valence-electron chi connectivity index (χ2n) is 3.79. The van der Waals surface area contributed by atoms with Crippen LogP contribution < -0.4 is 11.1 Å². The second kappa shape index (κ2) is 6.78. The van der Waals surface area contributed by atoms with Crippen molar-refractivity contribution in [3.8, 4) is 11.8 Å². The maximum Gasteiger partial charge on any atom is 0.252 e. The molecule has 19 heavy (non-hydrogen) atoms. The maximum absolute atomic E-state index is 11.9. The highest BCUT2D eigenvalue weighted by atomic mass is 32.1. The Bertz CT molecular complexity index is 590. The molecule has 0 aromatic carbocycles. The Balaban J connectivity index is 1.84. The van der Waals surface area contributed by atoms with E-state index in [1.807, 2.05) is 12.1 Å². The van der Waals surface area contributed by atoms with Gasteiger partial charge in [0.25, 0.3) is 5.91 Å². The second-order valence-corrected chi connectivity index (χ2v) is 4.70. The van der Waals surface area contributed by atoms with Crippen LogP contribution in [0.5, 0.6) is 0 Å². The zero-order valence-electron chi connectivity index (χ0n) is 10.3. The zero-order valence-corrected chi connectivity index (χ0v) is 11.1. The summed E-state index contributed by atoms with van der Waals surface area (Å²) in [5.41, 5.74) is 5.93. The Morgan fingerprint density at radius 2 is 2.42 bits per heavy atom. The molecule has 0 saturated heterocycles. The monoisotopic (exact) mass is 274 g/mol. The molecule has 2 rings (SSSR count). The van der Waals surface area contributed by atoms with Crippen LogP contribution in [0, 0.1) is 11.8 Å². The number of carbonyl (C=O) groups is 1. The number of rotatable bonds is 4. The van der Waals surface area contributed by atoms with E-state index in [4.69, 9.17) is 10.2 Å². The molecule has 0 fully saturated rings. The first-order valence-corrected chi connectivity index (χ1v) is 6.75. The van der Waals surface area contributed by atoms with E-state index in [-0.39, 0.29) is 5.91 Å². The lowest BCUT2D eigenvalue weighted by Crippen LogP contribution is -2.25. The van der Waals surface area contributed by atoms with Crippen LogP contribution in [0.4, 0.5) is 0 Å². The molecule has 3 N–H and O–H groups in total. The molecular weight excluding hydrogens is 260 g/mol. The lowest BCUT2D eigenvalue weighted by Gasteiger charge is -2.01. The van der Waals surface area contributed by atoms with Gasteiger partial charge in [-0.15, -0.1) is 11.3 Å². The third kappa shape index (κ3) is 3.98. The molecule has 2 heterocycles. The van der Waals surface area contributed by atoms with Gasteiger partial charge in [-0.1, -0.05) is 11.8 Å². The van der Waals surface area contributed by atoms with Crippen LogP contribution in [0.25, 0.3) is 0 Å². The topological polar surface area (TPSA) is 68.3 Å². The summed E-state index contributed by atoms with van der Waals surface area (Å²) in [4.78, 5) is 12.7. The van der Waals surface area contributed by atoms with Gasteiger partial charge >= 0.3 is 0 Å². The van der Waals surface area contributed by atoms with Crippen LogP contribution in [0.15, 0.2) is 34.3 Å². The number of carbonyl (C=O) groups excluding carboxylic acids is 1. The van der Waals surface area contributed by atoms with Crippen molar-refractivity contribution < 1.29 is 9.21 Å². The minimum absolute atomic E-state index is 0.0939. The Kier molecular flexibility index (Phi) is 4.78. The van der Waals surface area contributed by atoms with Crippen molar-refractivity contribution in [2.24, 2.45) is 5.73 Å². The summed E-state index contributed by atoms with van der Waals surface area (Å²) in [5, 5.41) is 4.64. The Hall–Kier alpha value is -2.03. The van der Waals surface area contributed by atoms with Crippen LogP contribution in [0.3, 0.4) is 0 Å². The molecule has 2 aromatic rings. The first-order valence-electron chi connectivity index (χ1n) is 5.87. The maximum atomic E-state index is 11.9. The largest absolute Gasteiger partial charge is 0.469 e. The molecule has 0 spiro atoms. The van der Waals surface area contributed by atoms with Crippen LogP contribution in [-0.2, 0) is 6.42 Å². The van der Waals surface area contributed by atoms with Crippen molar-refractivity contribution >= 4 is 17.2 Å². The molecule has 0 saturated carbocycles. The molecular formula is C14H14N2O2S. The summed E-state index contributed by atoms with van der Waals surface area (Å²) in [7, 11) is 0. The summed E-state index contributed by atoms with van der Waals surface area (Å²) in [6.45, 7) is 0.870. The van der Waals surface area contributed by atoms with Crippen molar-refractivity contribution in [1.29, 1.82) is 0 Å². The van der Waals surface area contributed by atoms with E-state index in [0.717, 1.165) is 10.6 Å². The summed E-state index contributed by atoms with van der Waals surface area (Å²) < 4.78 is 5.19. The predicted molar refractivity (Wildman–Crippen MR) is 75.0 cm³/mol. The van der Waals surface area contributed by atoms with Crippen molar-refractivity contribution in [1.82, 2.24) is 5.32 Å². The van der Waals surface area contributed by atoms with Crippen molar-refractivity contribution in [2.45, 2.75) is 6.42 Å². The van der Waals surface area contributed by atoms with Crippen molar-refractivity contribution in [3.63, 3.8) is 0 Å². The molecule has 0 atom stereocenters. The average Bonchev–Trinajstić information content (AvgIpc) is 3.07. The van der Waals surface area contributed by atoms with Crippen molar-refractivity contribution in [3.05, 3.63) is 46.0 Å². The smallest absolute Gasteiger partial charge is 0.252 e. The highest BCUT2D eigenvalue weighted by molar-refractivity contribution is 7.10. The first kappa shape index (κ1) is 13.4. The fourth-order valence-electron chi connectivity index (χ4n) is 1.52. The van der Waals surface area contributed by atoms with E-state index in [1.54, 1.807) is 17.7 Å². The number of nitrogens with one attached hydrogen (secondary N) is 1. The van der Waals surface area contributed by atoms with Gasteiger partial charge in [0.1, 0.15) is 5.76 Å². The predicted octanol–water partition coefficient (Wildman–Crippen LogP) is 1.62. The van der Waals surface area contributed by atoms with Crippen LogP contribution in [-0.4, -0.2) is 19.0 Å². The fraction of sp³-hybridized carbons (Fsp3) is 0.214. The average molecular weight is 274 g/mol. The summed E-state index contributed by atoms with van der Waals surface area (Å²) in [5.74, 6) is 6.44. The van der Waals surface area contributed by atoms with Gasteiger partial charge in [0.2, 0.25) is 0 Å². The Labute approximate surface area is 115 Å². The van der Waals surface area contributed by atoms with Gasteiger partial charge in [0.15, 0.2) is 0 Å². The molecule has 0 radical (unpaired) electrons. The van der Waals surface area contributed by atoms with Crippen LogP contribution in [0.1, 0.15) is 21.0 Å². The lowest BCUT2D eigenvalue weighted by atomic mass is 10.2. The van der Waals surface area contributed by atoms with E-state index in [1.165, 1.54) is 11.3 Å². The van der Waals surface area contributed by atoms with Gasteiger partial charge in [0.05, 0.1) is 23.2 Å². The van der Waals surface area contributed by atoms with Crippen LogP contribution in [0.2, 0.25) is 0 Å². The number of amides is 1. The number of hydrogen-bond acceptors (Lipinski definition) is 4. The quantitative estimate of drug-likeness (QED) is 0.833. The summed E-state index contributed by atoms with van der Waals surface area (Å²) in [6, 6.07) is 5.49. The van der Waals surface area contributed by atoms with E-state index in [9.17, 15) is 4.79 Å². The summed E-state index contributed by atoms with van der Waals surface area (Å²) >= 11 is 1.44. The Morgan fingerprint density at radius 1 is 1.53 bits per heavy atom. The molecule has 2 aromatic heterocycles. The molecule has 0 aliphatic carbocycles. The van der Waals surface area contributed by atoms with Crippen LogP contribution >= 0.6 is 11.3 Å². The summed E-state index contributed by atoms with van der Waals surface area (Å²) in [6.07, 6.45) is 2.31. The molecule has 98 valence electrons. The van der Waals surface area contributed by atoms with Gasteiger partial charge in [-0.05, 0) is 18.2 Å². The SMILES string of the molecule is NCC#Cc1cc(C(=O)NCCc2ccco2)cs1. The minimum Gasteiger partial charge on any atom is -0.469 e. The van der Waals surface area contributed by atoms with Gasteiger partial charge in [-0.3, -0.25) is 4.79 Å². The molecule has 0 aliphatic rings. The number of furan rings is 1. The third-order valence-corrected chi connectivity index (χ3v) is 3.26. The molecule has 0 aliphatic heterocycles. The molecule has 5 heteroatoms.